The Labute approximate surface area is 150 Å². The van der Waals surface area contributed by atoms with Gasteiger partial charge >= 0.3 is 0 Å². The number of nitrogens with zero attached hydrogens (tertiary/aromatic N) is 1. The first-order chi connectivity index (χ1) is 12.3. The molecule has 0 spiro atoms. The van der Waals surface area contributed by atoms with Crippen molar-refractivity contribution in [3.8, 4) is 5.75 Å². The number of benzene rings is 2. The van der Waals surface area contributed by atoms with Gasteiger partial charge < -0.3 is 10.1 Å². The number of ether oxygens (including phenoxy) is 1. The fraction of sp³-hybridized carbons (Fsp3) is 0.235. The summed E-state index contributed by atoms with van der Waals surface area (Å²) >= 11 is 0. The summed E-state index contributed by atoms with van der Waals surface area (Å²) in [4.78, 5) is 22.9. The van der Waals surface area contributed by atoms with Crippen molar-refractivity contribution in [2.24, 2.45) is 0 Å². The first kappa shape index (κ1) is 19.4. The smallest absolute Gasteiger partial charge is 0.296 e. The van der Waals surface area contributed by atoms with Crippen molar-refractivity contribution in [1.29, 1.82) is 0 Å². The van der Waals surface area contributed by atoms with E-state index in [1.807, 2.05) is 0 Å². The normalized spacial score (nSPS) is 11.0. The first-order valence-corrected chi connectivity index (χ1v) is 9.36. The van der Waals surface area contributed by atoms with E-state index in [0.29, 0.717) is 11.3 Å². The number of methoxy groups -OCH3 is 1. The molecule has 0 aromatic heterocycles. The topological polar surface area (TPSA) is 116 Å². The lowest BCUT2D eigenvalue weighted by Gasteiger charge is -2.08. The number of nitro groups is 1. The van der Waals surface area contributed by atoms with Gasteiger partial charge in [-0.25, -0.2) is 8.42 Å². The molecule has 0 saturated heterocycles. The molecule has 0 saturated carbocycles. The zero-order valence-electron chi connectivity index (χ0n) is 14.3. The third-order valence-corrected chi connectivity index (χ3v) is 5.45. The van der Waals surface area contributed by atoms with E-state index < -0.39 is 20.7 Å². The van der Waals surface area contributed by atoms with Crippen molar-refractivity contribution in [1.82, 2.24) is 0 Å². The number of sulfone groups is 1. The van der Waals surface area contributed by atoms with Gasteiger partial charge in [0.25, 0.3) is 5.69 Å². The predicted octanol–water partition coefficient (Wildman–Crippen LogP) is 2.58. The maximum absolute atomic E-state index is 12.2. The molecule has 0 aliphatic rings. The minimum atomic E-state index is -3.30. The zero-order chi connectivity index (χ0) is 19.3. The van der Waals surface area contributed by atoms with Crippen LogP contribution in [0.25, 0.3) is 0 Å². The Bertz CT molecular complexity index is 923. The highest BCUT2D eigenvalue weighted by Crippen LogP contribution is 2.29. The van der Waals surface area contributed by atoms with Crippen molar-refractivity contribution in [2.75, 3.05) is 18.2 Å². The van der Waals surface area contributed by atoms with Gasteiger partial charge in [-0.3, -0.25) is 14.9 Å². The Hall–Kier alpha value is -2.94. The molecule has 0 fully saturated rings. The minimum Gasteiger partial charge on any atom is -0.496 e. The molecule has 9 heteroatoms. The molecule has 2 rings (SSSR count). The molecule has 0 aliphatic heterocycles. The molecule has 0 radical (unpaired) electrons. The van der Waals surface area contributed by atoms with Crippen molar-refractivity contribution in [2.45, 2.75) is 18.2 Å². The highest BCUT2D eigenvalue weighted by atomic mass is 32.2. The molecular formula is C17H18N2O6S. The lowest BCUT2D eigenvalue weighted by molar-refractivity contribution is -0.384. The van der Waals surface area contributed by atoms with Gasteiger partial charge in [0.1, 0.15) is 11.4 Å². The van der Waals surface area contributed by atoms with Crippen LogP contribution in [0.3, 0.4) is 0 Å². The summed E-state index contributed by atoms with van der Waals surface area (Å²) in [6.07, 6.45) is -0.0460. The quantitative estimate of drug-likeness (QED) is 0.585. The zero-order valence-corrected chi connectivity index (χ0v) is 15.1. The van der Waals surface area contributed by atoms with Crippen LogP contribution in [0.5, 0.6) is 5.75 Å². The Balaban J connectivity index is 2.13. The largest absolute Gasteiger partial charge is 0.496 e. The van der Waals surface area contributed by atoms with Crippen LogP contribution in [0.2, 0.25) is 0 Å². The number of rotatable bonds is 7. The molecule has 0 aliphatic carbocycles. The number of carbonyl (C=O) groups is 1. The number of hydrogen-bond acceptors (Lipinski definition) is 6. The van der Waals surface area contributed by atoms with Gasteiger partial charge in [-0.05, 0) is 29.8 Å². The monoisotopic (exact) mass is 378 g/mol. The van der Waals surface area contributed by atoms with E-state index in [9.17, 15) is 23.3 Å². The Kier molecular flexibility index (Phi) is 5.93. The van der Waals surface area contributed by atoms with E-state index in [0.717, 1.165) is 0 Å². The number of nitrogens with one attached hydrogen (secondary N) is 1. The van der Waals surface area contributed by atoms with E-state index in [1.165, 1.54) is 37.4 Å². The number of carbonyl (C=O) groups excluding carboxylic acids is 1. The third kappa shape index (κ3) is 4.57. The fourth-order valence-corrected chi connectivity index (χ4v) is 3.14. The van der Waals surface area contributed by atoms with Crippen molar-refractivity contribution in [3.05, 3.63) is 58.1 Å². The Morgan fingerprint density at radius 3 is 2.38 bits per heavy atom. The van der Waals surface area contributed by atoms with Crippen LogP contribution >= 0.6 is 0 Å². The summed E-state index contributed by atoms with van der Waals surface area (Å²) in [5.74, 6) is -0.152. The number of hydrogen-bond donors (Lipinski definition) is 1. The fourth-order valence-electron chi connectivity index (χ4n) is 2.26. The number of nitro benzene ring substituents is 1. The van der Waals surface area contributed by atoms with Crippen molar-refractivity contribution in [3.63, 3.8) is 0 Å². The van der Waals surface area contributed by atoms with Gasteiger partial charge in [0.2, 0.25) is 5.91 Å². The predicted molar refractivity (Wildman–Crippen MR) is 96.2 cm³/mol. The molecule has 26 heavy (non-hydrogen) atoms. The molecule has 0 heterocycles. The van der Waals surface area contributed by atoms with Crippen LogP contribution in [0.15, 0.2) is 47.4 Å². The third-order valence-electron chi connectivity index (χ3n) is 3.70. The van der Waals surface area contributed by atoms with E-state index in [2.05, 4.69) is 5.32 Å². The molecule has 138 valence electrons. The van der Waals surface area contributed by atoms with Crippen LogP contribution < -0.4 is 10.1 Å². The summed E-state index contributed by atoms with van der Waals surface area (Å²) in [6.45, 7) is 1.55. The molecule has 0 atom stereocenters. The molecule has 1 amide bonds. The summed E-state index contributed by atoms with van der Waals surface area (Å²) in [6, 6.07) is 10.1. The maximum Gasteiger partial charge on any atom is 0.296 e. The average Bonchev–Trinajstić information content (AvgIpc) is 2.62. The molecule has 8 nitrogen and oxygen atoms in total. The molecule has 0 bridgehead atoms. The van der Waals surface area contributed by atoms with Gasteiger partial charge in [-0.2, -0.15) is 0 Å². The molecule has 2 aromatic carbocycles. The second kappa shape index (κ2) is 7.96. The SMILES string of the molecule is CCS(=O)(=O)c1ccc(CC(=O)Nc2ccc(OC)cc2[N+](=O)[O-])cc1. The second-order valence-corrected chi connectivity index (χ2v) is 7.69. The van der Waals surface area contributed by atoms with Crippen LogP contribution in [-0.2, 0) is 21.1 Å². The van der Waals surface area contributed by atoms with Crippen LogP contribution in [0.1, 0.15) is 12.5 Å². The summed E-state index contributed by atoms with van der Waals surface area (Å²) in [5, 5.41) is 13.6. The van der Waals surface area contributed by atoms with Crippen LogP contribution in [0, 0.1) is 10.1 Å². The lowest BCUT2D eigenvalue weighted by Crippen LogP contribution is -2.15. The van der Waals surface area contributed by atoms with E-state index in [-0.39, 0.29) is 28.4 Å². The summed E-state index contributed by atoms with van der Waals surface area (Å²) in [7, 11) is -1.91. The highest BCUT2D eigenvalue weighted by Gasteiger charge is 2.18. The maximum atomic E-state index is 12.2. The summed E-state index contributed by atoms with van der Waals surface area (Å²) < 4.78 is 28.5. The molecule has 1 N–H and O–H groups in total. The lowest BCUT2D eigenvalue weighted by atomic mass is 10.1. The second-order valence-electron chi connectivity index (χ2n) is 5.41. The molecule has 2 aromatic rings. The van der Waals surface area contributed by atoms with Gasteiger partial charge in [-0.1, -0.05) is 19.1 Å². The Morgan fingerprint density at radius 2 is 1.85 bits per heavy atom. The minimum absolute atomic E-state index is 0.00598. The number of amides is 1. The van der Waals surface area contributed by atoms with Crippen LogP contribution in [0.4, 0.5) is 11.4 Å². The first-order valence-electron chi connectivity index (χ1n) is 7.70. The van der Waals surface area contributed by atoms with Gasteiger partial charge in [0.05, 0.1) is 35.2 Å². The van der Waals surface area contributed by atoms with Crippen molar-refractivity contribution < 1.29 is 22.9 Å². The standard InChI is InChI=1S/C17H18N2O6S/c1-3-26(23,24)14-7-4-12(5-8-14)10-17(20)18-15-9-6-13(25-2)11-16(15)19(21)22/h4-9,11H,3,10H2,1-2H3,(H,18,20). The van der Waals surface area contributed by atoms with E-state index >= 15 is 0 Å². The highest BCUT2D eigenvalue weighted by molar-refractivity contribution is 7.91. The molecule has 0 unspecified atom stereocenters. The summed E-state index contributed by atoms with van der Waals surface area (Å²) in [5.41, 5.74) is 0.377. The van der Waals surface area contributed by atoms with Crippen molar-refractivity contribution >= 4 is 27.1 Å². The average molecular weight is 378 g/mol. The number of anilines is 1. The molecular weight excluding hydrogens is 360 g/mol. The van der Waals surface area contributed by atoms with Crippen LogP contribution in [-0.4, -0.2) is 32.1 Å². The van der Waals surface area contributed by atoms with Gasteiger partial charge in [0, 0.05) is 0 Å². The van der Waals surface area contributed by atoms with E-state index in [4.69, 9.17) is 4.74 Å². The van der Waals surface area contributed by atoms with Gasteiger partial charge in [-0.15, -0.1) is 0 Å². The van der Waals surface area contributed by atoms with Gasteiger partial charge in [0.15, 0.2) is 9.84 Å². The van der Waals surface area contributed by atoms with E-state index in [1.54, 1.807) is 19.1 Å². The Morgan fingerprint density at radius 1 is 1.19 bits per heavy atom.